The van der Waals surface area contributed by atoms with E-state index in [9.17, 15) is 19.5 Å². The van der Waals surface area contributed by atoms with Gasteiger partial charge in [0.05, 0.1) is 18.6 Å². The summed E-state index contributed by atoms with van der Waals surface area (Å²) in [5, 5.41) is 14.3. The van der Waals surface area contributed by atoms with E-state index in [1.54, 1.807) is 19.1 Å². The first-order valence-corrected chi connectivity index (χ1v) is 8.03. The number of amides is 1. The summed E-state index contributed by atoms with van der Waals surface area (Å²) in [4.78, 5) is 36.5. The Kier molecular flexibility index (Phi) is 5.20. The number of aryl methyl sites for hydroxylation is 1. The number of thiophene rings is 1. The van der Waals surface area contributed by atoms with Crippen molar-refractivity contribution >= 4 is 34.2 Å². The predicted molar refractivity (Wildman–Crippen MR) is 84.1 cm³/mol. The second-order valence-corrected chi connectivity index (χ2v) is 6.67. The lowest BCUT2D eigenvalue weighted by atomic mass is 9.82. The molecule has 0 radical (unpaired) electrons. The summed E-state index contributed by atoms with van der Waals surface area (Å²) in [5.41, 5.74) is 1.07. The fraction of sp³-hybridized carbons (Fsp3) is 0.438. The van der Waals surface area contributed by atoms with Gasteiger partial charge < -0.3 is 20.0 Å². The maximum atomic E-state index is 12.5. The highest BCUT2D eigenvalue weighted by Crippen LogP contribution is 2.34. The molecule has 0 saturated carbocycles. The lowest BCUT2D eigenvalue weighted by Crippen LogP contribution is -2.41. The summed E-state index contributed by atoms with van der Waals surface area (Å²) in [6.45, 7) is 3.62. The van der Waals surface area contributed by atoms with Crippen LogP contribution in [0, 0.1) is 25.7 Å². The zero-order chi connectivity index (χ0) is 17.1. The molecule has 0 aliphatic heterocycles. The fourth-order valence-corrected chi connectivity index (χ4v) is 3.68. The molecule has 1 aromatic heterocycles. The van der Waals surface area contributed by atoms with Crippen molar-refractivity contribution in [3.8, 4) is 0 Å². The molecule has 124 valence electrons. The molecule has 7 heteroatoms. The van der Waals surface area contributed by atoms with Crippen LogP contribution in [0.2, 0.25) is 0 Å². The van der Waals surface area contributed by atoms with Crippen molar-refractivity contribution in [3.63, 3.8) is 0 Å². The van der Waals surface area contributed by atoms with E-state index < -0.39 is 29.7 Å². The third kappa shape index (κ3) is 3.44. The molecule has 0 bridgehead atoms. The molecule has 1 aliphatic carbocycles. The topological polar surface area (TPSA) is 95.5 Å². The Bertz CT molecular complexity index is 676. The lowest BCUT2D eigenvalue weighted by Gasteiger charge is -2.28. The Morgan fingerprint density at radius 2 is 1.83 bits per heavy atom. The van der Waals surface area contributed by atoms with E-state index >= 15 is 0 Å². The second kappa shape index (κ2) is 6.95. The molecule has 1 heterocycles. The normalized spacial score (nSPS) is 20.1. The molecule has 0 aromatic carbocycles. The third-order valence-corrected chi connectivity index (χ3v) is 5.21. The maximum absolute atomic E-state index is 12.5. The van der Waals surface area contributed by atoms with Crippen LogP contribution in [-0.4, -0.2) is 25.0 Å². The van der Waals surface area contributed by atoms with E-state index in [0.29, 0.717) is 17.0 Å². The van der Waals surface area contributed by atoms with E-state index in [1.165, 1.54) is 18.4 Å². The summed E-state index contributed by atoms with van der Waals surface area (Å²) >= 11 is 1.27. The molecule has 1 N–H and O–H groups in total. The van der Waals surface area contributed by atoms with E-state index in [-0.39, 0.29) is 6.42 Å². The summed E-state index contributed by atoms with van der Waals surface area (Å²) in [7, 11) is 1.28. The minimum atomic E-state index is -1.23. The highest BCUT2D eigenvalue weighted by atomic mass is 32.1. The number of hydrogen-bond donors (Lipinski definition) is 1. The minimum absolute atomic E-state index is 0.271. The summed E-state index contributed by atoms with van der Waals surface area (Å²) in [6.07, 6.45) is 4.13. The number of anilines is 1. The molecule has 0 spiro atoms. The summed E-state index contributed by atoms with van der Waals surface area (Å²) in [6, 6.07) is 0. The Labute approximate surface area is 138 Å². The van der Waals surface area contributed by atoms with Crippen LogP contribution in [0.25, 0.3) is 0 Å². The van der Waals surface area contributed by atoms with Gasteiger partial charge in [-0.15, -0.1) is 11.3 Å². The van der Waals surface area contributed by atoms with Crippen LogP contribution < -0.4 is 10.4 Å². The first kappa shape index (κ1) is 17.2. The van der Waals surface area contributed by atoms with Crippen LogP contribution in [0.15, 0.2) is 12.2 Å². The van der Waals surface area contributed by atoms with Gasteiger partial charge in [0.15, 0.2) is 0 Å². The van der Waals surface area contributed by atoms with Crippen LogP contribution in [0.1, 0.15) is 33.6 Å². The highest BCUT2D eigenvalue weighted by Gasteiger charge is 2.31. The number of carbonyl (C=O) groups excluding carboxylic acids is 3. The van der Waals surface area contributed by atoms with Gasteiger partial charge in [0.2, 0.25) is 5.91 Å². The number of methoxy groups -OCH3 is 1. The van der Waals surface area contributed by atoms with Gasteiger partial charge in [0, 0.05) is 16.8 Å². The number of nitrogens with one attached hydrogen (secondary N) is 1. The van der Waals surface area contributed by atoms with Gasteiger partial charge >= 0.3 is 5.97 Å². The second-order valence-electron chi connectivity index (χ2n) is 5.44. The van der Waals surface area contributed by atoms with Gasteiger partial charge in [-0.05, 0) is 32.3 Å². The number of allylic oxidation sites excluding steroid dienone is 2. The van der Waals surface area contributed by atoms with Crippen molar-refractivity contribution in [1.29, 1.82) is 0 Å². The molecule has 0 unspecified atom stereocenters. The maximum Gasteiger partial charge on any atom is 0.341 e. The molecule has 0 saturated heterocycles. The molecule has 2 atom stereocenters. The number of ether oxygens (including phenoxy) is 1. The highest BCUT2D eigenvalue weighted by molar-refractivity contribution is 7.16. The molecule has 0 fully saturated rings. The molecule has 1 aliphatic rings. The number of rotatable bonds is 4. The van der Waals surface area contributed by atoms with Crippen LogP contribution >= 0.6 is 11.3 Å². The number of carboxylic acids is 1. The summed E-state index contributed by atoms with van der Waals surface area (Å²) in [5.74, 6) is -3.75. The van der Waals surface area contributed by atoms with Crippen molar-refractivity contribution in [1.82, 2.24) is 0 Å². The van der Waals surface area contributed by atoms with Gasteiger partial charge in [-0.1, -0.05) is 12.2 Å². The molecule has 1 aromatic rings. The molecule has 1 amide bonds. The number of aliphatic carboxylic acids is 1. The van der Waals surface area contributed by atoms with Crippen molar-refractivity contribution in [3.05, 3.63) is 28.2 Å². The van der Waals surface area contributed by atoms with Crippen LogP contribution in [0.3, 0.4) is 0 Å². The number of carbonyl (C=O) groups is 3. The fourth-order valence-electron chi connectivity index (χ4n) is 2.63. The van der Waals surface area contributed by atoms with Crippen molar-refractivity contribution in [2.75, 3.05) is 12.4 Å². The standard InChI is InChI=1S/C16H19NO5S/c1-8-9(2)23-14(12(8)16(21)22-3)17-13(18)10-6-4-5-7-11(10)15(19)20/h4-5,10-11H,6-7H2,1-3H3,(H,17,18)(H,19,20)/p-1/t10-,11+/m1/s1. The first-order valence-electron chi connectivity index (χ1n) is 7.21. The van der Waals surface area contributed by atoms with Gasteiger partial charge in [-0.3, -0.25) is 4.79 Å². The number of carboxylic acid groups (broad SMARTS) is 1. The smallest absolute Gasteiger partial charge is 0.341 e. The van der Waals surface area contributed by atoms with E-state index in [1.807, 2.05) is 6.92 Å². The van der Waals surface area contributed by atoms with Crippen molar-refractivity contribution < 1.29 is 24.2 Å². The number of hydrogen-bond acceptors (Lipinski definition) is 6. The molecule has 23 heavy (non-hydrogen) atoms. The Morgan fingerprint density at radius 3 is 2.39 bits per heavy atom. The van der Waals surface area contributed by atoms with E-state index in [2.05, 4.69) is 5.32 Å². The van der Waals surface area contributed by atoms with Gasteiger partial charge in [-0.25, -0.2) is 4.79 Å². The molecule has 6 nitrogen and oxygen atoms in total. The Morgan fingerprint density at radius 1 is 1.22 bits per heavy atom. The average Bonchev–Trinajstić information content (AvgIpc) is 2.80. The average molecular weight is 336 g/mol. The third-order valence-electron chi connectivity index (χ3n) is 4.08. The lowest BCUT2D eigenvalue weighted by molar-refractivity contribution is -0.313. The van der Waals surface area contributed by atoms with Gasteiger partial charge in [0.1, 0.15) is 5.00 Å². The molecular formula is C16H18NO5S-. The van der Waals surface area contributed by atoms with E-state index in [0.717, 1.165) is 10.4 Å². The quantitative estimate of drug-likeness (QED) is 0.663. The molecular weight excluding hydrogens is 318 g/mol. The predicted octanol–water partition coefficient (Wildman–Crippen LogP) is 1.42. The SMILES string of the molecule is COC(=O)c1c(NC(=O)[C@@H]2CC=CC[C@@H]2C(=O)[O-])sc(C)c1C. The van der Waals surface area contributed by atoms with Crippen molar-refractivity contribution in [2.24, 2.45) is 11.8 Å². The zero-order valence-electron chi connectivity index (χ0n) is 13.2. The number of esters is 1. The van der Waals surface area contributed by atoms with E-state index in [4.69, 9.17) is 4.74 Å². The zero-order valence-corrected chi connectivity index (χ0v) is 14.0. The Balaban J connectivity index is 2.27. The monoisotopic (exact) mass is 336 g/mol. The van der Waals surface area contributed by atoms with Gasteiger partial charge in [0.25, 0.3) is 0 Å². The summed E-state index contributed by atoms with van der Waals surface area (Å²) < 4.78 is 4.76. The van der Waals surface area contributed by atoms with Gasteiger partial charge in [-0.2, -0.15) is 0 Å². The first-order chi connectivity index (χ1) is 10.9. The van der Waals surface area contributed by atoms with Crippen LogP contribution in [0.4, 0.5) is 5.00 Å². The van der Waals surface area contributed by atoms with Crippen molar-refractivity contribution in [2.45, 2.75) is 26.7 Å². The largest absolute Gasteiger partial charge is 0.550 e. The van der Waals surface area contributed by atoms with Crippen LogP contribution in [-0.2, 0) is 14.3 Å². The molecule has 2 rings (SSSR count). The van der Waals surface area contributed by atoms with Crippen LogP contribution in [0.5, 0.6) is 0 Å². The Hall–Kier alpha value is -2.15. The minimum Gasteiger partial charge on any atom is -0.550 e.